The lowest BCUT2D eigenvalue weighted by molar-refractivity contribution is 0.176. The first-order valence-electron chi connectivity index (χ1n) is 8.25. The maximum atomic E-state index is 4.41. The third-order valence-corrected chi connectivity index (χ3v) is 4.56. The van der Waals surface area contributed by atoms with Crippen LogP contribution >= 0.6 is 0 Å². The molecule has 1 fully saturated rings. The molecule has 112 valence electrons. The van der Waals surface area contributed by atoms with Crippen LogP contribution in [0.15, 0.2) is 18.5 Å². The fraction of sp³-hybridized carbons (Fsp3) is 0.722. The highest BCUT2D eigenvalue weighted by atomic mass is 14.9. The Hall–Kier alpha value is -0.890. The summed E-state index contributed by atoms with van der Waals surface area (Å²) in [6.07, 6.45) is 9.28. The Morgan fingerprint density at radius 1 is 1.20 bits per heavy atom. The third kappa shape index (κ3) is 4.05. The Morgan fingerprint density at radius 3 is 2.50 bits per heavy atom. The monoisotopic (exact) mass is 274 g/mol. The van der Waals surface area contributed by atoms with E-state index in [-0.39, 0.29) is 0 Å². The molecule has 0 saturated heterocycles. The molecule has 3 unspecified atom stereocenters. The number of hydrogen-bond acceptors (Lipinski definition) is 2. The van der Waals surface area contributed by atoms with Gasteiger partial charge in [-0.2, -0.15) is 0 Å². The first kappa shape index (κ1) is 15.5. The molecule has 1 aliphatic rings. The summed E-state index contributed by atoms with van der Waals surface area (Å²) in [5, 5.41) is 3.78. The van der Waals surface area contributed by atoms with Gasteiger partial charge < -0.3 is 5.32 Å². The Morgan fingerprint density at radius 2 is 1.90 bits per heavy atom. The Labute approximate surface area is 124 Å². The van der Waals surface area contributed by atoms with E-state index in [2.05, 4.69) is 50.3 Å². The van der Waals surface area contributed by atoms with E-state index in [0.29, 0.717) is 6.04 Å². The van der Waals surface area contributed by atoms with E-state index in [1.807, 2.05) is 6.20 Å². The summed E-state index contributed by atoms with van der Waals surface area (Å²) in [7, 11) is 0. The van der Waals surface area contributed by atoms with Crippen molar-refractivity contribution in [2.45, 2.75) is 59.4 Å². The van der Waals surface area contributed by atoms with E-state index in [1.165, 1.54) is 36.8 Å². The minimum atomic E-state index is 0.479. The molecule has 0 amide bonds. The van der Waals surface area contributed by atoms with Crippen molar-refractivity contribution >= 4 is 0 Å². The van der Waals surface area contributed by atoms with Gasteiger partial charge in [-0.05, 0) is 68.0 Å². The maximum Gasteiger partial charge on any atom is 0.0364 e. The second-order valence-corrected chi connectivity index (χ2v) is 6.90. The molecule has 0 bridgehead atoms. The Bertz CT molecular complexity index is 406. The Kier molecular flexibility index (Phi) is 5.59. The molecule has 3 atom stereocenters. The molecule has 1 heterocycles. The van der Waals surface area contributed by atoms with Gasteiger partial charge in [-0.25, -0.2) is 0 Å². The topological polar surface area (TPSA) is 24.9 Å². The highest BCUT2D eigenvalue weighted by Crippen LogP contribution is 2.39. The van der Waals surface area contributed by atoms with Crippen molar-refractivity contribution in [1.82, 2.24) is 10.3 Å². The van der Waals surface area contributed by atoms with E-state index in [4.69, 9.17) is 0 Å². The molecule has 20 heavy (non-hydrogen) atoms. The quantitative estimate of drug-likeness (QED) is 0.855. The molecular weight excluding hydrogens is 244 g/mol. The van der Waals surface area contributed by atoms with Crippen LogP contribution in [0.1, 0.15) is 63.6 Å². The first-order chi connectivity index (χ1) is 9.60. The molecule has 1 aromatic rings. The smallest absolute Gasteiger partial charge is 0.0364 e. The molecule has 1 N–H and O–H groups in total. The van der Waals surface area contributed by atoms with Gasteiger partial charge in [-0.1, -0.05) is 26.8 Å². The van der Waals surface area contributed by atoms with Crippen LogP contribution in [0.5, 0.6) is 0 Å². The number of hydrogen-bond donors (Lipinski definition) is 1. The van der Waals surface area contributed by atoms with Gasteiger partial charge in [0, 0.05) is 18.4 Å². The fourth-order valence-corrected chi connectivity index (χ4v) is 3.89. The summed E-state index contributed by atoms with van der Waals surface area (Å²) in [6.45, 7) is 10.3. The molecule has 0 aliphatic heterocycles. The molecule has 1 aromatic heterocycles. The van der Waals surface area contributed by atoms with Crippen LogP contribution in [-0.2, 0) is 0 Å². The molecule has 1 aliphatic carbocycles. The third-order valence-electron chi connectivity index (χ3n) is 4.56. The van der Waals surface area contributed by atoms with Gasteiger partial charge in [0.25, 0.3) is 0 Å². The van der Waals surface area contributed by atoms with Crippen LogP contribution in [0.4, 0.5) is 0 Å². The van der Waals surface area contributed by atoms with Crippen LogP contribution in [0, 0.1) is 24.7 Å². The predicted molar refractivity (Wildman–Crippen MR) is 85.7 cm³/mol. The molecule has 0 spiro atoms. The van der Waals surface area contributed by atoms with Gasteiger partial charge in [-0.15, -0.1) is 0 Å². The highest BCUT2D eigenvalue weighted by Gasteiger charge is 2.30. The van der Waals surface area contributed by atoms with Gasteiger partial charge in [0.15, 0.2) is 0 Å². The van der Waals surface area contributed by atoms with E-state index in [1.54, 1.807) is 0 Å². The zero-order valence-corrected chi connectivity index (χ0v) is 13.5. The van der Waals surface area contributed by atoms with Crippen LogP contribution in [0.25, 0.3) is 0 Å². The van der Waals surface area contributed by atoms with E-state index >= 15 is 0 Å². The van der Waals surface area contributed by atoms with Gasteiger partial charge in [0.2, 0.25) is 0 Å². The largest absolute Gasteiger partial charge is 0.310 e. The van der Waals surface area contributed by atoms with Gasteiger partial charge in [0.1, 0.15) is 0 Å². The normalized spacial score (nSPS) is 28.3. The molecule has 2 heteroatoms. The van der Waals surface area contributed by atoms with Crippen molar-refractivity contribution in [3.63, 3.8) is 0 Å². The van der Waals surface area contributed by atoms with Crippen LogP contribution < -0.4 is 5.32 Å². The number of pyridine rings is 1. The molecule has 0 radical (unpaired) electrons. The zero-order valence-electron chi connectivity index (χ0n) is 13.5. The van der Waals surface area contributed by atoms with Crippen molar-refractivity contribution in [2.75, 3.05) is 6.54 Å². The minimum absolute atomic E-state index is 0.479. The van der Waals surface area contributed by atoms with Crippen molar-refractivity contribution in [1.29, 1.82) is 0 Å². The molecular formula is C18H30N2. The number of aromatic nitrogens is 1. The van der Waals surface area contributed by atoms with E-state index in [9.17, 15) is 0 Å². The Balaban J connectivity index is 2.18. The molecule has 2 rings (SSSR count). The second-order valence-electron chi connectivity index (χ2n) is 6.90. The van der Waals surface area contributed by atoms with Crippen molar-refractivity contribution in [3.05, 3.63) is 29.6 Å². The highest BCUT2D eigenvalue weighted by molar-refractivity contribution is 5.21. The maximum absolute atomic E-state index is 4.41. The van der Waals surface area contributed by atoms with Crippen LogP contribution in [-0.4, -0.2) is 11.5 Å². The SMILES string of the molecule is CCCNC(c1cncc(C)c1)C1CC(C)CC(C)C1. The number of aryl methyl sites for hydroxylation is 1. The van der Waals surface area contributed by atoms with Gasteiger partial charge >= 0.3 is 0 Å². The van der Waals surface area contributed by atoms with E-state index in [0.717, 1.165) is 24.3 Å². The van der Waals surface area contributed by atoms with Gasteiger partial charge in [0.05, 0.1) is 0 Å². The van der Waals surface area contributed by atoms with Crippen LogP contribution in [0.3, 0.4) is 0 Å². The molecule has 1 saturated carbocycles. The van der Waals surface area contributed by atoms with Gasteiger partial charge in [-0.3, -0.25) is 4.98 Å². The summed E-state index contributed by atoms with van der Waals surface area (Å²) < 4.78 is 0. The lowest BCUT2D eigenvalue weighted by Gasteiger charge is -2.37. The van der Waals surface area contributed by atoms with Crippen molar-refractivity contribution < 1.29 is 0 Å². The lowest BCUT2D eigenvalue weighted by Crippen LogP contribution is -2.33. The average Bonchev–Trinajstić information content (AvgIpc) is 2.38. The van der Waals surface area contributed by atoms with Crippen molar-refractivity contribution in [2.24, 2.45) is 17.8 Å². The summed E-state index contributed by atoms with van der Waals surface area (Å²) >= 11 is 0. The molecule has 2 nitrogen and oxygen atoms in total. The predicted octanol–water partition coefficient (Wildman–Crippen LogP) is 4.50. The lowest BCUT2D eigenvalue weighted by atomic mass is 9.72. The number of rotatable bonds is 5. The number of nitrogens with zero attached hydrogens (tertiary/aromatic N) is 1. The molecule has 0 aromatic carbocycles. The summed E-state index contributed by atoms with van der Waals surface area (Å²) in [4.78, 5) is 4.41. The first-order valence-corrected chi connectivity index (χ1v) is 8.25. The second kappa shape index (κ2) is 7.21. The summed E-state index contributed by atoms with van der Waals surface area (Å²) in [5.41, 5.74) is 2.65. The standard InChI is InChI=1S/C18H30N2/c1-5-6-20-18(17-10-15(4)11-19-12-17)16-8-13(2)7-14(3)9-16/h10-14,16,18,20H,5-9H2,1-4H3. The van der Waals surface area contributed by atoms with Crippen molar-refractivity contribution in [3.8, 4) is 0 Å². The fourth-order valence-electron chi connectivity index (χ4n) is 3.89. The summed E-state index contributed by atoms with van der Waals surface area (Å²) in [6, 6.07) is 2.79. The van der Waals surface area contributed by atoms with Crippen LogP contribution in [0.2, 0.25) is 0 Å². The number of nitrogens with one attached hydrogen (secondary N) is 1. The summed E-state index contributed by atoms with van der Waals surface area (Å²) in [5.74, 6) is 2.46. The minimum Gasteiger partial charge on any atom is -0.310 e. The van der Waals surface area contributed by atoms with E-state index < -0.39 is 0 Å². The average molecular weight is 274 g/mol. The zero-order chi connectivity index (χ0) is 14.5.